The molecule has 0 aromatic heterocycles. The molecule has 0 saturated carbocycles. The molecule has 0 bridgehead atoms. The molecule has 0 radical (unpaired) electrons. The van der Waals surface area contributed by atoms with Gasteiger partial charge in [0.25, 0.3) is 0 Å². The van der Waals surface area contributed by atoms with Crippen molar-refractivity contribution in [3.05, 3.63) is 59.4 Å². The van der Waals surface area contributed by atoms with Gasteiger partial charge in [-0.25, -0.2) is 9.18 Å². The number of alkyl halides is 3. The topological polar surface area (TPSA) is 61.4 Å². The summed E-state index contributed by atoms with van der Waals surface area (Å²) >= 11 is 0. The molecule has 8 heteroatoms. The number of aliphatic hydroxyl groups excluding tert-OH is 1. The van der Waals surface area contributed by atoms with Crippen molar-refractivity contribution in [3.8, 4) is 0 Å². The maximum Gasteiger partial charge on any atom is 0.416 e. The third-order valence-electron chi connectivity index (χ3n) is 3.19. The van der Waals surface area contributed by atoms with E-state index in [2.05, 4.69) is 10.6 Å². The van der Waals surface area contributed by atoms with Crippen LogP contribution in [-0.4, -0.2) is 17.7 Å². The molecule has 0 saturated heterocycles. The molecule has 2 aromatic carbocycles. The lowest BCUT2D eigenvalue weighted by Crippen LogP contribution is -2.21. The summed E-state index contributed by atoms with van der Waals surface area (Å²) in [5.74, 6) is -0.984. The molecule has 0 heterocycles. The number of rotatable bonds is 4. The zero-order valence-electron chi connectivity index (χ0n) is 12.3. The number of anilines is 2. The van der Waals surface area contributed by atoms with Crippen molar-refractivity contribution < 1.29 is 27.5 Å². The minimum atomic E-state index is -4.64. The van der Waals surface area contributed by atoms with Gasteiger partial charge in [-0.3, -0.25) is 0 Å². The summed E-state index contributed by atoms with van der Waals surface area (Å²) < 4.78 is 51.6. The molecule has 0 fully saturated rings. The summed E-state index contributed by atoms with van der Waals surface area (Å²) in [4.78, 5) is 11.9. The molecule has 0 unspecified atom stereocenters. The third kappa shape index (κ3) is 4.45. The van der Waals surface area contributed by atoms with Gasteiger partial charge in [0.1, 0.15) is 5.82 Å². The minimum absolute atomic E-state index is 0.136. The van der Waals surface area contributed by atoms with E-state index in [1.165, 1.54) is 0 Å². The first-order valence-corrected chi connectivity index (χ1v) is 6.95. The molecule has 0 atom stereocenters. The lowest BCUT2D eigenvalue weighted by atomic mass is 10.1. The predicted octanol–water partition coefficient (Wildman–Crippen LogP) is 4.02. The van der Waals surface area contributed by atoms with Gasteiger partial charge in [0.05, 0.1) is 11.3 Å². The van der Waals surface area contributed by atoms with E-state index in [9.17, 15) is 22.4 Å². The molecule has 0 aliphatic carbocycles. The summed E-state index contributed by atoms with van der Waals surface area (Å²) in [7, 11) is 0. The van der Waals surface area contributed by atoms with E-state index >= 15 is 0 Å². The van der Waals surface area contributed by atoms with Crippen LogP contribution < -0.4 is 10.6 Å². The van der Waals surface area contributed by atoms with E-state index in [-0.39, 0.29) is 13.0 Å². The van der Waals surface area contributed by atoms with Crippen molar-refractivity contribution in [2.24, 2.45) is 0 Å². The maximum absolute atomic E-state index is 13.6. The summed E-state index contributed by atoms with van der Waals surface area (Å²) in [6, 6.07) is 7.45. The van der Waals surface area contributed by atoms with Crippen LogP contribution in [0.5, 0.6) is 0 Å². The van der Waals surface area contributed by atoms with Gasteiger partial charge in [-0.1, -0.05) is 18.2 Å². The zero-order valence-corrected chi connectivity index (χ0v) is 12.3. The highest BCUT2D eigenvalue weighted by Gasteiger charge is 2.31. The average Bonchev–Trinajstić information content (AvgIpc) is 2.50. The Hall–Kier alpha value is -2.61. The predicted molar refractivity (Wildman–Crippen MR) is 81.3 cm³/mol. The Balaban J connectivity index is 2.16. The fourth-order valence-corrected chi connectivity index (χ4v) is 2.05. The second-order valence-electron chi connectivity index (χ2n) is 4.90. The molecular weight excluding hydrogens is 328 g/mol. The van der Waals surface area contributed by atoms with Gasteiger partial charge in [0, 0.05) is 12.3 Å². The number of amides is 2. The van der Waals surface area contributed by atoms with Gasteiger partial charge >= 0.3 is 12.2 Å². The van der Waals surface area contributed by atoms with Gasteiger partial charge in [-0.05, 0) is 36.2 Å². The van der Waals surface area contributed by atoms with Crippen LogP contribution in [0.2, 0.25) is 0 Å². The lowest BCUT2D eigenvalue weighted by Gasteiger charge is -2.13. The van der Waals surface area contributed by atoms with Crippen molar-refractivity contribution in [1.29, 1.82) is 0 Å². The first-order chi connectivity index (χ1) is 11.3. The quantitative estimate of drug-likeness (QED) is 0.735. The SMILES string of the molecule is O=C(Nc1cc(C(F)(F)F)ccc1F)Nc1ccccc1CCO. The summed E-state index contributed by atoms with van der Waals surface area (Å²) in [5, 5.41) is 13.4. The molecule has 0 aliphatic rings. The van der Waals surface area contributed by atoms with E-state index < -0.39 is 29.3 Å². The van der Waals surface area contributed by atoms with Crippen LogP contribution in [0.4, 0.5) is 33.7 Å². The number of aliphatic hydroxyl groups is 1. The lowest BCUT2D eigenvalue weighted by molar-refractivity contribution is -0.137. The first kappa shape index (κ1) is 17.7. The zero-order chi connectivity index (χ0) is 17.7. The monoisotopic (exact) mass is 342 g/mol. The number of hydrogen-bond acceptors (Lipinski definition) is 2. The minimum Gasteiger partial charge on any atom is -0.396 e. The molecule has 128 valence electrons. The summed E-state index contributed by atoms with van der Waals surface area (Å²) in [6.07, 6.45) is -4.36. The van der Waals surface area contributed by atoms with Gasteiger partial charge in [0.2, 0.25) is 0 Å². The Morgan fingerprint density at radius 2 is 1.71 bits per heavy atom. The largest absolute Gasteiger partial charge is 0.416 e. The number of halogens is 4. The number of urea groups is 1. The van der Waals surface area contributed by atoms with E-state index in [0.29, 0.717) is 29.4 Å². The molecule has 2 amide bonds. The number of carbonyl (C=O) groups is 1. The van der Waals surface area contributed by atoms with Crippen LogP contribution in [0.3, 0.4) is 0 Å². The molecule has 4 nitrogen and oxygen atoms in total. The third-order valence-corrected chi connectivity index (χ3v) is 3.19. The smallest absolute Gasteiger partial charge is 0.396 e. The summed E-state index contributed by atoms with van der Waals surface area (Å²) in [5.41, 5.74) is -0.641. The van der Waals surface area contributed by atoms with Crippen molar-refractivity contribution in [2.45, 2.75) is 12.6 Å². The van der Waals surface area contributed by atoms with E-state index in [1.54, 1.807) is 24.3 Å². The van der Waals surface area contributed by atoms with Crippen LogP contribution >= 0.6 is 0 Å². The van der Waals surface area contributed by atoms with Crippen molar-refractivity contribution in [1.82, 2.24) is 0 Å². The maximum atomic E-state index is 13.6. The number of benzene rings is 2. The number of nitrogens with one attached hydrogen (secondary N) is 2. The number of carbonyl (C=O) groups excluding carboxylic acids is 1. The number of para-hydroxylation sites is 1. The molecule has 2 rings (SSSR count). The highest BCUT2D eigenvalue weighted by atomic mass is 19.4. The van der Waals surface area contributed by atoms with Crippen molar-refractivity contribution >= 4 is 17.4 Å². The van der Waals surface area contributed by atoms with Crippen molar-refractivity contribution in [3.63, 3.8) is 0 Å². The number of hydrogen-bond donors (Lipinski definition) is 3. The Morgan fingerprint density at radius 1 is 1.04 bits per heavy atom. The van der Waals surface area contributed by atoms with E-state index in [0.717, 1.165) is 0 Å². The highest BCUT2D eigenvalue weighted by Crippen LogP contribution is 2.31. The molecule has 2 aromatic rings. The van der Waals surface area contributed by atoms with E-state index in [4.69, 9.17) is 5.11 Å². The van der Waals surface area contributed by atoms with Crippen LogP contribution in [0, 0.1) is 5.82 Å². The van der Waals surface area contributed by atoms with Crippen molar-refractivity contribution in [2.75, 3.05) is 17.2 Å². The van der Waals surface area contributed by atoms with Crippen LogP contribution in [0.25, 0.3) is 0 Å². The summed E-state index contributed by atoms with van der Waals surface area (Å²) in [6.45, 7) is -0.136. The van der Waals surface area contributed by atoms with Gasteiger partial charge in [0.15, 0.2) is 0 Å². The highest BCUT2D eigenvalue weighted by molar-refractivity contribution is 6.00. The first-order valence-electron chi connectivity index (χ1n) is 6.95. The molecular formula is C16H14F4N2O2. The fourth-order valence-electron chi connectivity index (χ4n) is 2.05. The average molecular weight is 342 g/mol. The van der Waals surface area contributed by atoms with Crippen LogP contribution in [-0.2, 0) is 12.6 Å². The Morgan fingerprint density at radius 3 is 2.38 bits per heavy atom. The molecule has 24 heavy (non-hydrogen) atoms. The Kier molecular flexibility index (Phi) is 5.40. The Bertz CT molecular complexity index is 732. The fraction of sp³-hybridized carbons (Fsp3) is 0.188. The van der Waals surface area contributed by atoms with Gasteiger partial charge in [-0.15, -0.1) is 0 Å². The second kappa shape index (κ2) is 7.31. The Labute approximate surface area is 135 Å². The van der Waals surface area contributed by atoms with Crippen LogP contribution in [0.15, 0.2) is 42.5 Å². The molecule has 3 N–H and O–H groups in total. The normalized spacial score (nSPS) is 11.2. The molecule has 0 spiro atoms. The van der Waals surface area contributed by atoms with E-state index in [1.807, 2.05) is 0 Å². The van der Waals surface area contributed by atoms with Crippen LogP contribution in [0.1, 0.15) is 11.1 Å². The van der Waals surface area contributed by atoms with Gasteiger partial charge < -0.3 is 15.7 Å². The second-order valence-corrected chi connectivity index (χ2v) is 4.90. The standard InChI is InChI=1S/C16H14F4N2O2/c17-12-6-5-11(16(18,19)20)9-14(12)22-15(24)21-13-4-2-1-3-10(13)7-8-23/h1-6,9,23H,7-8H2,(H2,21,22,24). The molecule has 0 aliphatic heterocycles. The van der Waals surface area contributed by atoms with Gasteiger partial charge in [-0.2, -0.15) is 13.2 Å².